The molecule has 0 aromatic heterocycles. The summed E-state index contributed by atoms with van der Waals surface area (Å²) < 4.78 is 5.97. The molecule has 18 heavy (non-hydrogen) atoms. The molecule has 2 rings (SSSR count). The predicted octanol–water partition coefficient (Wildman–Crippen LogP) is 3.53. The van der Waals surface area contributed by atoms with E-state index >= 15 is 0 Å². The summed E-state index contributed by atoms with van der Waals surface area (Å²) in [5, 5.41) is 3.33. The Morgan fingerprint density at radius 2 is 2.22 bits per heavy atom. The normalized spacial score (nSPS) is 28.4. The van der Waals surface area contributed by atoms with Crippen LogP contribution >= 0.6 is 0 Å². The second kappa shape index (κ2) is 6.21. The number of hydrogen-bond acceptors (Lipinski definition) is 2. The molecule has 2 fully saturated rings. The quantitative estimate of drug-likeness (QED) is 0.729. The minimum Gasteiger partial charge on any atom is -0.372 e. The standard InChI is InChI=1S/C16H29NO/c1-4-6-13(2)7-5-8-14(3)15-9-16(18-10-15)11-17-12-16/h8,13,15,17H,4-7,9-12H2,1-3H3/b14-8-. The van der Waals surface area contributed by atoms with Gasteiger partial charge < -0.3 is 10.1 Å². The lowest BCUT2D eigenvalue weighted by molar-refractivity contribution is -0.0361. The largest absolute Gasteiger partial charge is 0.372 e. The first kappa shape index (κ1) is 14.1. The van der Waals surface area contributed by atoms with Gasteiger partial charge in [-0.05, 0) is 32.1 Å². The first-order valence-corrected chi connectivity index (χ1v) is 7.66. The van der Waals surface area contributed by atoms with E-state index in [0.29, 0.717) is 5.92 Å². The third kappa shape index (κ3) is 3.36. The minimum absolute atomic E-state index is 0.204. The van der Waals surface area contributed by atoms with Crippen LogP contribution in [0.1, 0.15) is 52.9 Å². The van der Waals surface area contributed by atoms with E-state index in [-0.39, 0.29) is 5.60 Å². The number of rotatable bonds is 6. The van der Waals surface area contributed by atoms with E-state index < -0.39 is 0 Å². The van der Waals surface area contributed by atoms with Crippen molar-refractivity contribution in [1.29, 1.82) is 0 Å². The van der Waals surface area contributed by atoms with Crippen LogP contribution in [-0.4, -0.2) is 25.3 Å². The van der Waals surface area contributed by atoms with Gasteiger partial charge in [0.2, 0.25) is 0 Å². The van der Waals surface area contributed by atoms with E-state index in [9.17, 15) is 0 Å². The maximum Gasteiger partial charge on any atom is 0.0936 e. The van der Waals surface area contributed by atoms with Crippen molar-refractivity contribution in [2.24, 2.45) is 11.8 Å². The summed E-state index contributed by atoms with van der Waals surface area (Å²) in [5.41, 5.74) is 1.76. The molecule has 0 bridgehead atoms. The smallest absolute Gasteiger partial charge is 0.0936 e. The molecule has 0 aromatic carbocycles. The Morgan fingerprint density at radius 3 is 2.78 bits per heavy atom. The molecular weight excluding hydrogens is 222 g/mol. The molecule has 2 saturated heterocycles. The Balaban J connectivity index is 1.72. The van der Waals surface area contributed by atoms with Gasteiger partial charge >= 0.3 is 0 Å². The van der Waals surface area contributed by atoms with Crippen LogP contribution in [0.25, 0.3) is 0 Å². The van der Waals surface area contributed by atoms with Crippen LogP contribution in [0.15, 0.2) is 11.6 Å². The van der Waals surface area contributed by atoms with Crippen molar-refractivity contribution in [3.05, 3.63) is 11.6 Å². The highest BCUT2D eigenvalue weighted by atomic mass is 16.5. The molecule has 0 aliphatic carbocycles. The zero-order valence-corrected chi connectivity index (χ0v) is 12.3. The lowest BCUT2D eigenvalue weighted by atomic mass is 9.85. The van der Waals surface area contributed by atoms with E-state index in [0.717, 1.165) is 25.6 Å². The topological polar surface area (TPSA) is 21.3 Å². The van der Waals surface area contributed by atoms with Crippen LogP contribution in [0.2, 0.25) is 0 Å². The van der Waals surface area contributed by atoms with Crippen molar-refractivity contribution in [1.82, 2.24) is 5.32 Å². The van der Waals surface area contributed by atoms with Gasteiger partial charge in [-0.1, -0.05) is 38.3 Å². The number of allylic oxidation sites excluding steroid dienone is 1. The number of hydrogen-bond donors (Lipinski definition) is 1. The average Bonchev–Trinajstić information content (AvgIpc) is 2.74. The van der Waals surface area contributed by atoms with Crippen LogP contribution < -0.4 is 5.32 Å². The molecule has 1 N–H and O–H groups in total. The average molecular weight is 251 g/mol. The Morgan fingerprint density at radius 1 is 1.44 bits per heavy atom. The van der Waals surface area contributed by atoms with E-state index in [1.165, 1.54) is 32.1 Å². The molecule has 2 nitrogen and oxygen atoms in total. The monoisotopic (exact) mass is 251 g/mol. The number of ether oxygens (including phenoxy) is 1. The van der Waals surface area contributed by atoms with Gasteiger partial charge in [0.1, 0.15) is 0 Å². The van der Waals surface area contributed by atoms with Crippen LogP contribution in [0, 0.1) is 11.8 Å². The van der Waals surface area contributed by atoms with Crippen molar-refractivity contribution >= 4 is 0 Å². The Kier molecular flexibility index (Phi) is 4.85. The van der Waals surface area contributed by atoms with Crippen LogP contribution in [0.4, 0.5) is 0 Å². The fourth-order valence-corrected chi connectivity index (χ4v) is 3.19. The maximum atomic E-state index is 5.97. The molecular formula is C16H29NO. The molecule has 0 saturated carbocycles. The number of nitrogens with one attached hydrogen (secondary N) is 1. The molecule has 0 amide bonds. The second-order valence-corrected chi connectivity index (χ2v) is 6.42. The third-order valence-electron chi connectivity index (χ3n) is 4.65. The summed E-state index contributed by atoms with van der Waals surface area (Å²) in [6.45, 7) is 10.0. The summed E-state index contributed by atoms with van der Waals surface area (Å²) >= 11 is 0. The summed E-state index contributed by atoms with van der Waals surface area (Å²) in [7, 11) is 0. The first-order valence-electron chi connectivity index (χ1n) is 7.66. The van der Waals surface area contributed by atoms with Crippen LogP contribution in [-0.2, 0) is 4.74 Å². The highest BCUT2D eigenvalue weighted by molar-refractivity contribution is 5.11. The summed E-state index contributed by atoms with van der Waals surface area (Å²) in [6, 6.07) is 0. The summed E-state index contributed by atoms with van der Waals surface area (Å²) in [5.74, 6) is 1.55. The fourth-order valence-electron chi connectivity index (χ4n) is 3.19. The van der Waals surface area contributed by atoms with E-state index in [4.69, 9.17) is 4.74 Å². The molecule has 0 aromatic rings. The first-order chi connectivity index (χ1) is 8.65. The van der Waals surface area contributed by atoms with Crippen LogP contribution in [0.3, 0.4) is 0 Å². The Hall–Kier alpha value is -0.340. The SMILES string of the molecule is CCCC(C)CC/C=C(/C)C1COC2(CNC2)C1. The molecule has 1 spiro atoms. The molecule has 2 atom stereocenters. The highest BCUT2D eigenvalue weighted by Gasteiger charge is 2.45. The van der Waals surface area contributed by atoms with Gasteiger partial charge in [0.15, 0.2) is 0 Å². The van der Waals surface area contributed by atoms with E-state index in [2.05, 4.69) is 32.2 Å². The lowest BCUT2D eigenvalue weighted by Gasteiger charge is -2.38. The predicted molar refractivity (Wildman–Crippen MR) is 76.7 cm³/mol. The van der Waals surface area contributed by atoms with Gasteiger partial charge in [-0.2, -0.15) is 0 Å². The van der Waals surface area contributed by atoms with Gasteiger partial charge in [-0.15, -0.1) is 0 Å². The molecule has 0 radical (unpaired) electrons. The fraction of sp³-hybridized carbons (Fsp3) is 0.875. The van der Waals surface area contributed by atoms with Crippen molar-refractivity contribution in [3.8, 4) is 0 Å². The van der Waals surface area contributed by atoms with Crippen molar-refractivity contribution in [2.75, 3.05) is 19.7 Å². The molecule has 2 aliphatic rings. The van der Waals surface area contributed by atoms with Gasteiger partial charge in [-0.3, -0.25) is 0 Å². The van der Waals surface area contributed by atoms with E-state index in [1.807, 2.05) is 0 Å². The molecule has 104 valence electrons. The maximum absolute atomic E-state index is 5.97. The summed E-state index contributed by atoms with van der Waals surface area (Å²) in [6.07, 6.45) is 8.96. The van der Waals surface area contributed by atoms with Crippen molar-refractivity contribution in [3.63, 3.8) is 0 Å². The van der Waals surface area contributed by atoms with Gasteiger partial charge in [-0.25, -0.2) is 0 Å². The van der Waals surface area contributed by atoms with Crippen molar-refractivity contribution < 1.29 is 4.74 Å². The minimum atomic E-state index is 0.204. The third-order valence-corrected chi connectivity index (χ3v) is 4.65. The Bertz CT molecular complexity index is 293. The van der Waals surface area contributed by atoms with Gasteiger partial charge in [0.05, 0.1) is 12.2 Å². The molecule has 2 heteroatoms. The van der Waals surface area contributed by atoms with Gasteiger partial charge in [0.25, 0.3) is 0 Å². The zero-order valence-electron chi connectivity index (χ0n) is 12.3. The van der Waals surface area contributed by atoms with Gasteiger partial charge in [0, 0.05) is 19.0 Å². The van der Waals surface area contributed by atoms with E-state index in [1.54, 1.807) is 5.57 Å². The van der Waals surface area contributed by atoms with Crippen molar-refractivity contribution in [2.45, 2.75) is 58.5 Å². The second-order valence-electron chi connectivity index (χ2n) is 6.42. The molecule has 2 unspecified atom stereocenters. The Labute approximate surface area is 112 Å². The highest BCUT2D eigenvalue weighted by Crippen LogP contribution is 2.36. The lowest BCUT2D eigenvalue weighted by Crippen LogP contribution is -2.59. The molecule has 2 aliphatic heterocycles. The summed E-state index contributed by atoms with van der Waals surface area (Å²) in [4.78, 5) is 0. The molecule has 2 heterocycles. The van der Waals surface area contributed by atoms with Crippen LogP contribution in [0.5, 0.6) is 0 Å². The zero-order chi connectivity index (χ0) is 13.0.